The molecule has 0 bridgehead atoms. The van der Waals surface area contributed by atoms with E-state index in [0.717, 1.165) is 29.1 Å². The summed E-state index contributed by atoms with van der Waals surface area (Å²) >= 11 is 1.76. The van der Waals surface area contributed by atoms with Crippen molar-refractivity contribution in [1.29, 1.82) is 0 Å². The summed E-state index contributed by atoms with van der Waals surface area (Å²) in [5.74, 6) is 1.85. The number of nitrogens with one attached hydrogen (secondary N) is 2. The predicted octanol–water partition coefficient (Wildman–Crippen LogP) is 3.78. The first-order chi connectivity index (χ1) is 10.6. The van der Waals surface area contributed by atoms with E-state index in [4.69, 9.17) is 0 Å². The Hall–Kier alpha value is -1.10. The molecule has 1 saturated carbocycles. The lowest BCUT2D eigenvalue weighted by Crippen LogP contribution is -2.44. The van der Waals surface area contributed by atoms with Crippen LogP contribution in [-0.4, -0.2) is 24.0 Å². The minimum atomic E-state index is 0.569. The van der Waals surface area contributed by atoms with E-state index < -0.39 is 0 Å². The number of nitrogens with zero attached hydrogens (tertiary/aromatic N) is 2. The molecular weight excluding hydrogens is 292 g/mol. The van der Waals surface area contributed by atoms with E-state index in [0.29, 0.717) is 6.04 Å². The minimum absolute atomic E-state index is 0.569. The Morgan fingerprint density at radius 3 is 2.55 bits per heavy atom. The Bertz CT molecular complexity index is 467. The van der Waals surface area contributed by atoms with Crippen molar-refractivity contribution >= 4 is 17.3 Å². The zero-order valence-electron chi connectivity index (χ0n) is 14.4. The Morgan fingerprint density at radius 1 is 1.27 bits per heavy atom. The average Bonchev–Trinajstić information content (AvgIpc) is 2.84. The highest BCUT2D eigenvalue weighted by Gasteiger charge is 2.21. The van der Waals surface area contributed by atoms with Crippen LogP contribution in [0.15, 0.2) is 4.99 Å². The molecule has 0 atom stereocenters. The topological polar surface area (TPSA) is 49.3 Å². The van der Waals surface area contributed by atoms with Gasteiger partial charge in [0.05, 0.1) is 12.2 Å². The van der Waals surface area contributed by atoms with Gasteiger partial charge in [-0.15, -0.1) is 11.3 Å². The van der Waals surface area contributed by atoms with Crippen molar-refractivity contribution in [2.45, 2.75) is 71.9 Å². The number of hydrogen-bond acceptors (Lipinski definition) is 3. The third kappa shape index (κ3) is 4.97. The van der Waals surface area contributed by atoms with E-state index in [1.807, 2.05) is 7.05 Å². The molecule has 0 aromatic carbocycles. The SMILES string of the molecule is CCCC1CCC(NC(=NC)NCc2nc(C)c(C)s2)CC1. The van der Waals surface area contributed by atoms with Crippen molar-refractivity contribution in [2.24, 2.45) is 10.9 Å². The van der Waals surface area contributed by atoms with E-state index in [9.17, 15) is 0 Å². The van der Waals surface area contributed by atoms with Gasteiger partial charge < -0.3 is 10.6 Å². The molecule has 5 heteroatoms. The van der Waals surface area contributed by atoms with Crippen LogP contribution in [0.1, 0.15) is 61.0 Å². The number of thiazole rings is 1. The van der Waals surface area contributed by atoms with Crippen molar-refractivity contribution in [3.8, 4) is 0 Å². The third-order valence-electron chi connectivity index (χ3n) is 4.59. The molecular formula is C17H30N4S. The lowest BCUT2D eigenvalue weighted by molar-refractivity contribution is 0.295. The summed E-state index contributed by atoms with van der Waals surface area (Å²) in [6.07, 6.45) is 7.95. The fourth-order valence-corrected chi connectivity index (χ4v) is 4.04. The second-order valence-electron chi connectivity index (χ2n) is 6.33. The highest BCUT2D eigenvalue weighted by Crippen LogP contribution is 2.27. The molecule has 4 nitrogen and oxygen atoms in total. The van der Waals surface area contributed by atoms with Gasteiger partial charge in [0, 0.05) is 18.0 Å². The van der Waals surface area contributed by atoms with E-state index in [-0.39, 0.29) is 0 Å². The van der Waals surface area contributed by atoms with Crippen molar-refractivity contribution in [1.82, 2.24) is 15.6 Å². The smallest absolute Gasteiger partial charge is 0.191 e. The molecule has 0 radical (unpaired) electrons. The maximum absolute atomic E-state index is 4.57. The number of aryl methyl sites for hydroxylation is 2. The monoisotopic (exact) mass is 322 g/mol. The molecule has 0 aliphatic heterocycles. The van der Waals surface area contributed by atoms with Gasteiger partial charge in [0.1, 0.15) is 5.01 Å². The number of aromatic nitrogens is 1. The van der Waals surface area contributed by atoms with E-state index in [2.05, 4.69) is 41.4 Å². The minimum Gasteiger partial charge on any atom is -0.354 e. The Morgan fingerprint density at radius 2 is 2.00 bits per heavy atom. The Balaban J connectivity index is 1.76. The normalized spacial score (nSPS) is 22.6. The fraction of sp³-hybridized carbons (Fsp3) is 0.765. The van der Waals surface area contributed by atoms with Crippen LogP contribution >= 0.6 is 11.3 Å². The van der Waals surface area contributed by atoms with Gasteiger partial charge in [-0.25, -0.2) is 4.98 Å². The van der Waals surface area contributed by atoms with Gasteiger partial charge in [-0.2, -0.15) is 0 Å². The summed E-state index contributed by atoms with van der Waals surface area (Å²) in [6, 6.07) is 0.569. The van der Waals surface area contributed by atoms with Crippen LogP contribution in [-0.2, 0) is 6.54 Å². The van der Waals surface area contributed by atoms with Gasteiger partial charge in [0.2, 0.25) is 0 Å². The zero-order valence-corrected chi connectivity index (χ0v) is 15.2. The largest absolute Gasteiger partial charge is 0.354 e. The molecule has 1 aliphatic carbocycles. The summed E-state index contributed by atoms with van der Waals surface area (Å²) in [4.78, 5) is 10.2. The highest BCUT2D eigenvalue weighted by atomic mass is 32.1. The molecule has 2 N–H and O–H groups in total. The average molecular weight is 323 g/mol. The van der Waals surface area contributed by atoms with E-state index in [1.165, 1.54) is 43.4 Å². The van der Waals surface area contributed by atoms with Crippen molar-refractivity contribution in [3.05, 3.63) is 15.6 Å². The van der Waals surface area contributed by atoms with E-state index in [1.54, 1.807) is 11.3 Å². The van der Waals surface area contributed by atoms with Gasteiger partial charge in [0.15, 0.2) is 5.96 Å². The highest BCUT2D eigenvalue weighted by molar-refractivity contribution is 7.11. The molecule has 1 aliphatic rings. The first-order valence-electron chi connectivity index (χ1n) is 8.52. The summed E-state index contributed by atoms with van der Waals surface area (Å²) in [6.45, 7) is 7.23. The summed E-state index contributed by atoms with van der Waals surface area (Å²) in [7, 11) is 1.84. The number of guanidine groups is 1. The van der Waals surface area contributed by atoms with Crippen LogP contribution in [0.5, 0.6) is 0 Å². The standard InChI is InChI=1S/C17H30N4S/c1-5-6-14-7-9-15(10-8-14)21-17(18-4)19-11-16-20-12(2)13(3)22-16/h14-15H,5-11H2,1-4H3,(H2,18,19,21). The summed E-state index contributed by atoms with van der Waals surface area (Å²) in [5.41, 5.74) is 1.14. The first-order valence-corrected chi connectivity index (χ1v) is 9.34. The van der Waals surface area contributed by atoms with E-state index >= 15 is 0 Å². The quantitative estimate of drug-likeness (QED) is 0.640. The van der Waals surface area contributed by atoms with Gasteiger partial charge in [0.25, 0.3) is 0 Å². The first kappa shape index (κ1) is 17.3. The van der Waals surface area contributed by atoms with Crippen molar-refractivity contribution in [2.75, 3.05) is 7.05 Å². The van der Waals surface area contributed by atoms with Gasteiger partial charge >= 0.3 is 0 Å². The lowest BCUT2D eigenvalue weighted by atomic mass is 9.83. The molecule has 0 saturated heterocycles. The second-order valence-corrected chi connectivity index (χ2v) is 7.61. The number of hydrogen-bond donors (Lipinski definition) is 2. The van der Waals surface area contributed by atoms with Crippen molar-refractivity contribution < 1.29 is 0 Å². The molecule has 0 amide bonds. The molecule has 0 unspecified atom stereocenters. The van der Waals surface area contributed by atoms with Crippen LogP contribution in [0.4, 0.5) is 0 Å². The maximum Gasteiger partial charge on any atom is 0.191 e. The molecule has 22 heavy (non-hydrogen) atoms. The van der Waals surface area contributed by atoms with Crippen LogP contribution in [0.3, 0.4) is 0 Å². The molecule has 1 heterocycles. The molecule has 1 fully saturated rings. The molecule has 2 rings (SSSR count). The number of aliphatic imine (C=N–C) groups is 1. The van der Waals surface area contributed by atoms with Crippen LogP contribution < -0.4 is 10.6 Å². The molecule has 1 aromatic rings. The second kappa shape index (κ2) is 8.51. The maximum atomic E-state index is 4.57. The van der Waals surface area contributed by atoms with Gasteiger partial charge in [-0.1, -0.05) is 19.8 Å². The van der Waals surface area contributed by atoms with Crippen molar-refractivity contribution in [3.63, 3.8) is 0 Å². The van der Waals surface area contributed by atoms with Gasteiger partial charge in [-0.05, 0) is 45.4 Å². The van der Waals surface area contributed by atoms with Gasteiger partial charge in [-0.3, -0.25) is 4.99 Å². The van der Waals surface area contributed by atoms with Crippen LogP contribution in [0.2, 0.25) is 0 Å². The lowest BCUT2D eigenvalue weighted by Gasteiger charge is -2.30. The predicted molar refractivity (Wildman–Crippen MR) is 95.6 cm³/mol. The fourth-order valence-electron chi connectivity index (χ4n) is 3.17. The molecule has 1 aromatic heterocycles. The summed E-state index contributed by atoms with van der Waals surface area (Å²) < 4.78 is 0. The zero-order chi connectivity index (χ0) is 15.9. The molecule has 124 valence electrons. The number of rotatable bonds is 5. The Labute approximate surface area is 138 Å². The van der Waals surface area contributed by atoms with Crippen LogP contribution in [0.25, 0.3) is 0 Å². The molecule has 0 spiro atoms. The summed E-state index contributed by atoms with van der Waals surface area (Å²) in [5, 5.41) is 8.10. The Kier molecular flexibility index (Phi) is 6.68. The third-order valence-corrected chi connectivity index (χ3v) is 5.66. The van der Waals surface area contributed by atoms with Crippen LogP contribution in [0, 0.1) is 19.8 Å².